The van der Waals surface area contributed by atoms with Crippen LogP contribution in [0.1, 0.15) is 26.7 Å². The molecule has 0 rings (SSSR count). The summed E-state index contributed by atoms with van der Waals surface area (Å²) in [4.78, 5) is 0. The van der Waals surface area contributed by atoms with Gasteiger partial charge in [0.1, 0.15) is 0 Å². The van der Waals surface area contributed by atoms with Crippen LogP contribution >= 0.6 is 11.8 Å². The lowest BCUT2D eigenvalue weighted by atomic mass is 10.3. The second-order valence-electron chi connectivity index (χ2n) is 2.87. The van der Waals surface area contributed by atoms with Gasteiger partial charge in [-0.3, -0.25) is 0 Å². The van der Waals surface area contributed by atoms with Crippen LogP contribution in [0.2, 0.25) is 0 Å². The molecule has 0 bridgehead atoms. The molecule has 0 radical (unpaired) electrons. The third-order valence-corrected chi connectivity index (χ3v) is 2.88. The Hall–Kier alpha value is 0.0500. The largest absolute Gasteiger partial charge is 0.310 e. The van der Waals surface area contributed by atoms with E-state index in [2.05, 4.69) is 25.7 Å². The van der Waals surface area contributed by atoms with E-state index in [4.69, 9.17) is 0 Å². The van der Waals surface area contributed by atoms with Crippen LogP contribution in [0.5, 0.6) is 0 Å². The second-order valence-corrected chi connectivity index (χ2v) is 4.02. The van der Waals surface area contributed by atoms with Crippen molar-refractivity contribution in [3.8, 4) is 0 Å². The molecule has 0 fully saturated rings. The Morgan fingerprint density at radius 2 is 2.17 bits per heavy atom. The topological polar surface area (TPSA) is 12.0 Å². The molecule has 0 amide bonds. The first-order valence-corrected chi connectivity index (χ1v) is 5.94. The smallest absolute Gasteiger partial charge is 0.0338 e. The Morgan fingerprint density at radius 1 is 1.42 bits per heavy atom. The van der Waals surface area contributed by atoms with E-state index in [0.29, 0.717) is 6.04 Å². The highest BCUT2D eigenvalue weighted by molar-refractivity contribution is 7.99. The summed E-state index contributed by atoms with van der Waals surface area (Å²) in [7, 11) is 0. The molecule has 0 aliphatic rings. The van der Waals surface area contributed by atoms with Crippen LogP contribution in [0, 0.1) is 0 Å². The normalized spacial score (nSPS) is 12.8. The molecule has 0 saturated heterocycles. The molecular formula is C10H21NS. The number of hydrogen-bond acceptors (Lipinski definition) is 2. The monoisotopic (exact) mass is 187 g/mol. The van der Waals surface area contributed by atoms with Crippen LogP contribution in [0.15, 0.2) is 12.7 Å². The maximum absolute atomic E-state index is 3.82. The van der Waals surface area contributed by atoms with E-state index in [0.717, 1.165) is 12.3 Å². The third-order valence-electron chi connectivity index (χ3n) is 1.59. The van der Waals surface area contributed by atoms with Gasteiger partial charge >= 0.3 is 0 Å². The average Bonchev–Trinajstić information content (AvgIpc) is 2.11. The fourth-order valence-electron chi connectivity index (χ4n) is 0.895. The first-order valence-electron chi connectivity index (χ1n) is 4.78. The van der Waals surface area contributed by atoms with Crippen LogP contribution < -0.4 is 5.32 Å². The van der Waals surface area contributed by atoms with Crippen molar-refractivity contribution in [2.45, 2.75) is 32.7 Å². The van der Waals surface area contributed by atoms with Gasteiger partial charge in [-0.05, 0) is 25.1 Å². The van der Waals surface area contributed by atoms with Crippen molar-refractivity contribution < 1.29 is 0 Å². The molecule has 12 heavy (non-hydrogen) atoms. The predicted octanol–water partition coefficient (Wildman–Crippen LogP) is 2.68. The molecule has 72 valence electrons. The summed E-state index contributed by atoms with van der Waals surface area (Å²) in [5, 5.41) is 3.44. The first-order chi connectivity index (χ1) is 5.85. The van der Waals surface area contributed by atoms with Crippen LogP contribution in [0.25, 0.3) is 0 Å². The molecule has 0 aromatic heterocycles. The molecular weight excluding hydrogens is 166 g/mol. The van der Waals surface area contributed by atoms with E-state index in [1.165, 1.54) is 18.6 Å². The van der Waals surface area contributed by atoms with Crippen molar-refractivity contribution in [3.63, 3.8) is 0 Å². The molecule has 1 N–H and O–H groups in total. The lowest BCUT2D eigenvalue weighted by Gasteiger charge is -2.12. The van der Waals surface area contributed by atoms with Crippen molar-refractivity contribution in [3.05, 3.63) is 12.7 Å². The van der Waals surface area contributed by atoms with Crippen LogP contribution in [-0.2, 0) is 0 Å². The van der Waals surface area contributed by atoms with Crippen molar-refractivity contribution in [1.29, 1.82) is 0 Å². The Kier molecular flexibility index (Phi) is 9.18. The molecule has 0 aliphatic heterocycles. The van der Waals surface area contributed by atoms with E-state index in [1.807, 2.05) is 17.8 Å². The van der Waals surface area contributed by atoms with Gasteiger partial charge in [0, 0.05) is 11.8 Å². The minimum Gasteiger partial charge on any atom is -0.310 e. The minimum atomic E-state index is 0.501. The first kappa shape index (κ1) is 12.0. The molecule has 2 heteroatoms. The van der Waals surface area contributed by atoms with Crippen molar-refractivity contribution in [1.82, 2.24) is 5.32 Å². The molecule has 1 unspecified atom stereocenters. The van der Waals surface area contributed by atoms with E-state index in [1.54, 1.807) is 0 Å². The molecule has 1 atom stereocenters. The third kappa shape index (κ3) is 6.74. The minimum absolute atomic E-state index is 0.501. The number of hydrogen-bond donors (Lipinski definition) is 1. The van der Waals surface area contributed by atoms with Crippen molar-refractivity contribution >= 4 is 11.8 Å². The summed E-state index contributed by atoms with van der Waals surface area (Å²) < 4.78 is 0. The van der Waals surface area contributed by atoms with Gasteiger partial charge in [0.15, 0.2) is 0 Å². The Balaban J connectivity index is 3.32. The van der Waals surface area contributed by atoms with E-state index >= 15 is 0 Å². The van der Waals surface area contributed by atoms with Gasteiger partial charge in [-0.25, -0.2) is 0 Å². The van der Waals surface area contributed by atoms with Gasteiger partial charge < -0.3 is 5.32 Å². The number of rotatable bonds is 8. The molecule has 0 saturated carbocycles. The van der Waals surface area contributed by atoms with Crippen LogP contribution in [0.3, 0.4) is 0 Å². The van der Waals surface area contributed by atoms with Crippen molar-refractivity contribution in [2.24, 2.45) is 0 Å². The van der Waals surface area contributed by atoms with Crippen molar-refractivity contribution in [2.75, 3.05) is 18.1 Å². The second kappa shape index (κ2) is 9.14. The standard InChI is InChI=1S/C10H21NS/c1-4-7-11-10(6-3)9-12-8-5-2/h6,10-11H,3-5,7-9H2,1-2H3. The molecule has 0 heterocycles. The maximum Gasteiger partial charge on any atom is 0.0338 e. The van der Waals surface area contributed by atoms with Gasteiger partial charge in [0.05, 0.1) is 0 Å². The molecule has 1 nitrogen and oxygen atoms in total. The quantitative estimate of drug-likeness (QED) is 0.463. The molecule has 0 aromatic carbocycles. The Labute approximate surface area is 81.0 Å². The number of thioether (sulfide) groups is 1. The highest BCUT2D eigenvalue weighted by Gasteiger charge is 2.00. The summed E-state index contributed by atoms with van der Waals surface area (Å²) >= 11 is 2.00. The van der Waals surface area contributed by atoms with Gasteiger partial charge in [-0.15, -0.1) is 6.58 Å². The lowest BCUT2D eigenvalue weighted by Crippen LogP contribution is -2.29. The van der Waals surface area contributed by atoms with Gasteiger partial charge in [-0.1, -0.05) is 19.9 Å². The van der Waals surface area contributed by atoms with E-state index in [-0.39, 0.29) is 0 Å². The van der Waals surface area contributed by atoms with Crippen LogP contribution in [0.4, 0.5) is 0 Å². The highest BCUT2D eigenvalue weighted by Crippen LogP contribution is 2.04. The number of nitrogens with one attached hydrogen (secondary N) is 1. The molecule has 0 aliphatic carbocycles. The molecule has 0 spiro atoms. The maximum atomic E-state index is 3.82. The van der Waals surface area contributed by atoms with Gasteiger partial charge in [0.25, 0.3) is 0 Å². The molecule has 0 aromatic rings. The fourth-order valence-corrected chi connectivity index (χ4v) is 1.86. The zero-order valence-electron chi connectivity index (χ0n) is 8.31. The summed E-state index contributed by atoms with van der Waals surface area (Å²) in [5.74, 6) is 2.43. The zero-order chi connectivity index (χ0) is 9.23. The summed E-state index contributed by atoms with van der Waals surface area (Å²) in [6, 6.07) is 0.501. The van der Waals surface area contributed by atoms with Gasteiger partial charge in [0.2, 0.25) is 0 Å². The summed E-state index contributed by atoms with van der Waals surface area (Å²) in [6.45, 7) is 9.32. The fraction of sp³-hybridized carbons (Fsp3) is 0.800. The highest BCUT2D eigenvalue weighted by atomic mass is 32.2. The van der Waals surface area contributed by atoms with E-state index < -0.39 is 0 Å². The van der Waals surface area contributed by atoms with Crippen LogP contribution in [-0.4, -0.2) is 24.1 Å². The Bertz CT molecular complexity index is 104. The summed E-state index contributed by atoms with van der Waals surface area (Å²) in [6.07, 6.45) is 4.48. The summed E-state index contributed by atoms with van der Waals surface area (Å²) in [5.41, 5.74) is 0. The Morgan fingerprint density at radius 3 is 2.67 bits per heavy atom. The zero-order valence-corrected chi connectivity index (χ0v) is 9.12. The average molecular weight is 187 g/mol. The van der Waals surface area contributed by atoms with Gasteiger partial charge in [-0.2, -0.15) is 11.8 Å². The lowest BCUT2D eigenvalue weighted by molar-refractivity contribution is 0.630. The SMILES string of the molecule is C=CC(CSCCC)NCCC. The predicted molar refractivity (Wildman–Crippen MR) is 59.9 cm³/mol. The van der Waals surface area contributed by atoms with E-state index in [9.17, 15) is 0 Å².